The Morgan fingerprint density at radius 3 is 2.38 bits per heavy atom. The molecule has 0 aromatic heterocycles. The standard InChI is InChI=1S/C18H26O2Si/c1-18(2,3)21(4,5)20-15-17-13-9-8-12-16(17)11-7-6-10-14-19/h6-14H,15H2,1-5H3/b10-6+,11-7+. The Kier molecular flexibility index (Phi) is 6.31. The Morgan fingerprint density at radius 1 is 1.10 bits per heavy atom. The van der Waals surface area contributed by atoms with Crippen LogP contribution in [0.15, 0.2) is 42.5 Å². The molecule has 0 atom stereocenters. The van der Waals surface area contributed by atoms with Crippen LogP contribution in [-0.4, -0.2) is 14.6 Å². The molecule has 0 amide bonds. The van der Waals surface area contributed by atoms with E-state index in [1.165, 1.54) is 11.6 Å². The van der Waals surface area contributed by atoms with Gasteiger partial charge < -0.3 is 4.43 Å². The summed E-state index contributed by atoms with van der Waals surface area (Å²) in [4.78, 5) is 10.3. The quantitative estimate of drug-likeness (QED) is 0.321. The lowest BCUT2D eigenvalue weighted by Crippen LogP contribution is -2.40. The van der Waals surface area contributed by atoms with Crippen molar-refractivity contribution in [3.63, 3.8) is 0 Å². The minimum absolute atomic E-state index is 0.213. The molecule has 0 spiro atoms. The molecule has 21 heavy (non-hydrogen) atoms. The molecule has 0 fully saturated rings. The molecule has 2 nitrogen and oxygen atoms in total. The number of carbonyl (C=O) groups is 1. The van der Waals surface area contributed by atoms with Gasteiger partial charge in [-0.3, -0.25) is 4.79 Å². The molecule has 0 aliphatic carbocycles. The van der Waals surface area contributed by atoms with E-state index < -0.39 is 8.32 Å². The highest BCUT2D eigenvalue weighted by molar-refractivity contribution is 6.74. The molecule has 0 bridgehead atoms. The molecule has 114 valence electrons. The van der Waals surface area contributed by atoms with Crippen molar-refractivity contribution in [3.8, 4) is 0 Å². The van der Waals surface area contributed by atoms with Gasteiger partial charge in [0, 0.05) is 0 Å². The molecule has 0 heterocycles. The molecule has 0 aliphatic heterocycles. The molecule has 1 rings (SSSR count). The zero-order valence-corrected chi connectivity index (χ0v) is 14.7. The van der Waals surface area contributed by atoms with Crippen LogP contribution in [0.1, 0.15) is 31.9 Å². The van der Waals surface area contributed by atoms with Crippen LogP contribution in [0.5, 0.6) is 0 Å². The van der Waals surface area contributed by atoms with Crippen molar-refractivity contribution in [1.82, 2.24) is 0 Å². The van der Waals surface area contributed by atoms with Crippen molar-refractivity contribution >= 4 is 20.7 Å². The summed E-state index contributed by atoms with van der Waals surface area (Å²) in [6.45, 7) is 11.9. The van der Waals surface area contributed by atoms with Gasteiger partial charge in [0.1, 0.15) is 6.29 Å². The summed E-state index contributed by atoms with van der Waals surface area (Å²) >= 11 is 0. The molecule has 0 radical (unpaired) electrons. The lowest BCUT2D eigenvalue weighted by atomic mass is 10.1. The van der Waals surface area contributed by atoms with Crippen molar-refractivity contribution in [2.75, 3.05) is 0 Å². The first-order chi connectivity index (χ1) is 9.78. The maximum atomic E-state index is 10.3. The van der Waals surface area contributed by atoms with E-state index in [0.29, 0.717) is 6.61 Å². The highest BCUT2D eigenvalue weighted by Crippen LogP contribution is 2.37. The van der Waals surface area contributed by atoms with E-state index in [4.69, 9.17) is 4.43 Å². The van der Waals surface area contributed by atoms with Crippen molar-refractivity contribution in [3.05, 3.63) is 53.6 Å². The van der Waals surface area contributed by atoms with E-state index in [1.54, 1.807) is 6.08 Å². The molecule has 1 aromatic rings. The van der Waals surface area contributed by atoms with Gasteiger partial charge in [-0.1, -0.05) is 63.3 Å². The summed E-state index contributed by atoms with van der Waals surface area (Å²) in [6.07, 6.45) is 7.87. The summed E-state index contributed by atoms with van der Waals surface area (Å²) in [7, 11) is -1.74. The average molecular weight is 302 g/mol. The first-order valence-corrected chi connectivity index (χ1v) is 10.2. The number of rotatable bonds is 6. The minimum atomic E-state index is -1.74. The lowest BCUT2D eigenvalue weighted by molar-refractivity contribution is -0.104. The van der Waals surface area contributed by atoms with Crippen LogP contribution in [0.4, 0.5) is 0 Å². The highest BCUT2D eigenvalue weighted by atomic mass is 28.4. The molecular formula is C18H26O2Si. The second kappa shape index (κ2) is 7.53. The fraction of sp³-hybridized carbons (Fsp3) is 0.389. The molecule has 0 aliphatic rings. The Balaban J connectivity index is 2.83. The maximum Gasteiger partial charge on any atom is 0.192 e. The summed E-state index contributed by atoms with van der Waals surface area (Å²) in [5.41, 5.74) is 2.31. The predicted molar refractivity (Wildman–Crippen MR) is 92.7 cm³/mol. The van der Waals surface area contributed by atoms with Gasteiger partial charge in [-0.25, -0.2) is 0 Å². The van der Waals surface area contributed by atoms with Gasteiger partial charge >= 0.3 is 0 Å². The van der Waals surface area contributed by atoms with Crippen LogP contribution in [0.25, 0.3) is 6.08 Å². The predicted octanol–water partition coefficient (Wildman–Crippen LogP) is 4.98. The Labute approximate surface area is 129 Å². The Bertz CT molecular complexity index is 522. The second-order valence-electron chi connectivity index (χ2n) is 6.63. The Morgan fingerprint density at radius 2 is 1.76 bits per heavy atom. The zero-order valence-electron chi connectivity index (χ0n) is 13.7. The van der Waals surface area contributed by atoms with Crippen molar-refractivity contribution in [2.24, 2.45) is 0 Å². The van der Waals surface area contributed by atoms with Gasteiger partial charge in [0.15, 0.2) is 8.32 Å². The van der Waals surface area contributed by atoms with Crippen LogP contribution in [0.3, 0.4) is 0 Å². The molecule has 0 saturated carbocycles. The number of hydrogen-bond acceptors (Lipinski definition) is 2. The average Bonchev–Trinajstić information content (AvgIpc) is 2.41. The third-order valence-corrected chi connectivity index (χ3v) is 8.50. The summed E-state index contributed by atoms with van der Waals surface area (Å²) < 4.78 is 6.28. The maximum absolute atomic E-state index is 10.3. The third-order valence-electron chi connectivity index (χ3n) is 4.03. The van der Waals surface area contributed by atoms with E-state index >= 15 is 0 Å². The van der Waals surface area contributed by atoms with Crippen LogP contribution in [0, 0.1) is 0 Å². The number of carbonyl (C=O) groups excluding carboxylic acids is 1. The number of allylic oxidation sites excluding steroid dienone is 3. The van der Waals surface area contributed by atoms with E-state index in [2.05, 4.69) is 46.0 Å². The summed E-state index contributed by atoms with van der Waals surface area (Å²) in [6, 6.07) is 8.20. The molecule has 0 saturated heterocycles. The van der Waals surface area contributed by atoms with E-state index in [1.807, 2.05) is 24.3 Å². The van der Waals surface area contributed by atoms with Crippen molar-refractivity contribution in [1.29, 1.82) is 0 Å². The number of benzene rings is 1. The van der Waals surface area contributed by atoms with E-state index in [9.17, 15) is 4.79 Å². The normalized spacial score (nSPS) is 13.2. The molecule has 0 unspecified atom stereocenters. The van der Waals surface area contributed by atoms with E-state index in [0.717, 1.165) is 11.8 Å². The summed E-state index contributed by atoms with van der Waals surface area (Å²) in [5.74, 6) is 0. The molecule has 0 N–H and O–H groups in total. The van der Waals surface area contributed by atoms with Crippen LogP contribution in [0.2, 0.25) is 18.1 Å². The fourth-order valence-corrected chi connectivity index (χ4v) is 2.52. The van der Waals surface area contributed by atoms with Crippen LogP contribution < -0.4 is 0 Å². The SMILES string of the molecule is CC(C)(C)[Si](C)(C)OCc1ccccc1/C=C/C=C/C=O. The van der Waals surface area contributed by atoms with Gasteiger partial charge in [0.05, 0.1) is 6.61 Å². The van der Waals surface area contributed by atoms with Crippen LogP contribution >= 0.6 is 0 Å². The highest BCUT2D eigenvalue weighted by Gasteiger charge is 2.37. The van der Waals surface area contributed by atoms with Crippen molar-refractivity contribution < 1.29 is 9.22 Å². The molecule has 1 aromatic carbocycles. The topological polar surface area (TPSA) is 26.3 Å². The monoisotopic (exact) mass is 302 g/mol. The third kappa shape index (κ3) is 5.44. The first-order valence-electron chi connectivity index (χ1n) is 7.28. The number of hydrogen-bond donors (Lipinski definition) is 0. The minimum Gasteiger partial charge on any atom is -0.413 e. The number of aldehydes is 1. The smallest absolute Gasteiger partial charge is 0.192 e. The molecule has 3 heteroatoms. The lowest BCUT2D eigenvalue weighted by Gasteiger charge is -2.36. The van der Waals surface area contributed by atoms with Crippen LogP contribution in [-0.2, 0) is 15.8 Å². The molecular weight excluding hydrogens is 276 g/mol. The van der Waals surface area contributed by atoms with Gasteiger partial charge in [0.2, 0.25) is 0 Å². The Hall–Kier alpha value is -1.45. The van der Waals surface area contributed by atoms with Crippen molar-refractivity contribution in [2.45, 2.75) is 45.5 Å². The van der Waals surface area contributed by atoms with Gasteiger partial charge in [-0.05, 0) is 35.3 Å². The van der Waals surface area contributed by atoms with Gasteiger partial charge in [-0.15, -0.1) is 0 Å². The van der Waals surface area contributed by atoms with E-state index in [-0.39, 0.29) is 5.04 Å². The van der Waals surface area contributed by atoms with Gasteiger partial charge in [-0.2, -0.15) is 0 Å². The zero-order chi connectivity index (χ0) is 15.9. The largest absolute Gasteiger partial charge is 0.413 e. The fourth-order valence-electron chi connectivity index (χ4n) is 1.57. The second-order valence-corrected chi connectivity index (χ2v) is 11.4. The van der Waals surface area contributed by atoms with Gasteiger partial charge in [0.25, 0.3) is 0 Å². The summed E-state index contributed by atoms with van der Waals surface area (Å²) in [5, 5.41) is 0.213. The first kappa shape index (κ1) is 17.6.